The van der Waals surface area contributed by atoms with Crippen molar-refractivity contribution in [1.29, 1.82) is 0 Å². The standard InChI is InChI=1S/C14H29N3O/c1-6-16(7-2)12-8-10-17(11-9-12)13(18)14(3,4)15-5/h12,15H,6-11H2,1-5H3. The molecule has 4 nitrogen and oxygen atoms in total. The monoisotopic (exact) mass is 255 g/mol. The van der Waals surface area contributed by atoms with E-state index in [1.54, 1.807) is 0 Å². The molecule has 1 heterocycles. The molecule has 1 N–H and O–H groups in total. The van der Waals surface area contributed by atoms with E-state index in [1.807, 2.05) is 25.8 Å². The lowest BCUT2D eigenvalue weighted by atomic mass is 9.98. The highest BCUT2D eigenvalue weighted by atomic mass is 16.2. The van der Waals surface area contributed by atoms with Crippen LogP contribution in [0.3, 0.4) is 0 Å². The summed E-state index contributed by atoms with van der Waals surface area (Å²) in [6.45, 7) is 12.3. The lowest BCUT2D eigenvalue weighted by Crippen LogP contribution is -2.56. The molecule has 18 heavy (non-hydrogen) atoms. The van der Waals surface area contributed by atoms with Crippen molar-refractivity contribution in [3.63, 3.8) is 0 Å². The Morgan fingerprint density at radius 1 is 1.28 bits per heavy atom. The van der Waals surface area contributed by atoms with E-state index in [4.69, 9.17) is 0 Å². The number of hydrogen-bond acceptors (Lipinski definition) is 3. The van der Waals surface area contributed by atoms with Crippen LogP contribution >= 0.6 is 0 Å². The molecular formula is C14H29N3O. The average Bonchev–Trinajstić information content (AvgIpc) is 2.40. The van der Waals surface area contributed by atoms with E-state index in [0.29, 0.717) is 6.04 Å². The first-order chi connectivity index (χ1) is 8.46. The summed E-state index contributed by atoms with van der Waals surface area (Å²) in [6.07, 6.45) is 2.21. The maximum Gasteiger partial charge on any atom is 0.242 e. The van der Waals surface area contributed by atoms with Crippen LogP contribution in [0.5, 0.6) is 0 Å². The molecule has 1 aliphatic heterocycles. The fraction of sp³-hybridized carbons (Fsp3) is 0.929. The lowest BCUT2D eigenvalue weighted by molar-refractivity contribution is -0.138. The van der Waals surface area contributed by atoms with Crippen LogP contribution in [0.25, 0.3) is 0 Å². The number of likely N-dealkylation sites (tertiary alicyclic amines) is 1. The summed E-state index contributed by atoms with van der Waals surface area (Å²) >= 11 is 0. The third-order valence-electron chi connectivity index (χ3n) is 4.24. The fourth-order valence-corrected chi connectivity index (χ4v) is 2.68. The van der Waals surface area contributed by atoms with Gasteiger partial charge >= 0.3 is 0 Å². The average molecular weight is 255 g/mol. The first kappa shape index (κ1) is 15.4. The summed E-state index contributed by atoms with van der Waals surface area (Å²) in [5.74, 6) is 0.225. The Morgan fingerprint density at radius 2 is 1.78 bits per heavy atom. The number of nitrogens with zero attached hydrogens (tertiary/aromatic N) is 2. The Balaban J connectivity index is 2.51. The van der Waals surface area contributed by atoms with E-state index in [0.717, 1.165) is 39.0 Å². The molecule has 0 aliphatic carbocycles. The molecule has 0 saturated carbocycles. The Morgan fingerprint density at radius 3 is 2.17 bits per heavy atom. The van der Waals surface area contributed by atoms with Gasteiger partial charge in [-0.3, -0.25) is 4.79 Å². The van der Waals surface area contributed by atoms with Gasteiger partial charge in [-0.25, -0.2) is 0 Å². The minimum absolute atomic E-state index is 0.225. The van der Waals surface area contributed by atoms with Gasteiger partial charge in [0, 0.05) is 19.1 Å². The van der Waals surface area contributed by atoms with Gasteiger partial charge in [-0.1, -0.05) is 13.8 Å². The second kappa shape index (κ2) is 6.53. The predicted octanol–water partition coefficient (Wildman–Crippen LogP) is 1.32. The Labute approximate surface area is 112 Å². The van der Waals surface area contributed by atoms with Crippen molar-refractivity contribution < 1.29 is 4.79 Å². The summed E-state index contributed by atoms with van der Waals surface area (Å²) in [6, 6.07) is 0.654. The molecule has 1 fully saturated rings. The van der Waals surface area contributed by atoms with Crippen molar-refractivity contribution in [3.8, 4) is 0 Å². The number of carbonyl (C=O) groups excluding carboxylic acids is 1. The minimum Gasteiger partial charge on any atom is -0.341 e. The molecule has 1 saturated heterocycles. The van der Waals surface area contributed by atoms with Crippen molar-refractivity contribution in [2.45, 2.75) is 52.1 Å². The smallest absolute Gasteiger partial charge is 0.242 e. The molecule has 0 unspecified atom stereocenters. The number of amides is 1. The number of piperidine rings is 1. The molecule has 1 aliphatic rings. The molecule has 1 rings (SSSR count). The molecule has 4 heteroatoms. The van der Waals surface area contributed by atoms with Crippen molar-refractivity contribution in [2.24, 2.45) is 0 Å². The van der Waals surface area contributed by atoms with Crippen LogP contribution in [-0.4, -0.2) is 60.5 Å². The van der Waals surface area contributed by atoms with Crippen LogP contribution in [0, 0.1) is 0 Å². The Hall–Kier alpha value is -0.610. The molecule has 106 valence electrons. The number of hydrogen-bond donors (Lipinski definition) is 1. The SMILES string of the molecule is CCN(CC)C1CCN(C(=O)C(C)(C)NC)CC1. The number of rotatable bonds is 5. The summed E-state index contributed by atoms with van der Waals surface area (Å²) in [5.41, 5.74) is -0.442. The molecule has 0 aromatic carbocycles. The number of nitrogens with one attached hydrogen (secondary N) is 1. The van der Waals surface area contributed by atoms with E-state index in [9.17, 15) is 4.79 Å². The van der Waals surface area contributed by atoms with Gasteiger partial charge in [-0.2, -0.15) is 0 Å². The zero-order valence-electron chi connectivity index (χ0n) is 12.6. The van der Waals surface area contributed by atoms with Gasteiger partial charge < -0.3 is 15.1 Å². The second-order valence-corrected chi connectivity index (χ2v) is 5.62. The lowest BCUT2D eigenvalue weighted by Gasteiger charge is -2.40. The maximum absolute atomic E-state index is 12.3. The zero-order valence-corrected chi connectivity index (χ0v) is 12.6. The first-order valence-electron chi connectivity index (χ1n) is 7.18. The molecule has 0 atom stereocenters. The fourth-order valence-electron chi connectivity index (χ4n) is 2.68. The van der Waals surface area contributed by atoms with Gasteiger partial charge in [0.05, 0.1) is 5.54 Å². The van der Waals surface area contributed by atoms with Crippen LogP contribution in [0.15, 0.2) is 0 Å². The summed E-state index contributed by atoms with van der Waals surface area (Å²) in [7, 11) is 1.85. The zero-order chi connectivity index (χ0) is 13.8. The van der Waals surface area contributed by atoms with Crippen molar-refractivity contribution >= 4 is 5.91 Å². The maximum atomic E-state index is 12.3. The van der Waals surface area contributed by atoms with Gasteiger partial charge in [0.15, 0.2) is 0 Å². The van der Waals surface area contributed by atoms with Crippen LogP contribution in [0.1, 0.15) is 40.5 Å². The van der Waals surface area contributed by atoms with Gasteiger partial charge in [0.2, 0.25) is 5.91 Å². The quantitative estimate of drug-likeness (QED) is 0.805. The van der Waals surface area contributed by atoms with Gasteiger partial charge in [0.25, 0.3) is 0 Å². The highest BCUT2D eigenvalue weighted by molar-refractivity contribution is 5.85. The van der Waals surface area contributed by atoms with Crippen LogP contribution in [0.4, 0.5) is 0 Å². The van der Waals surface area contributed by atoms with E-state index in [2.05, 4.69) is 24.1 Å². The molecule has 0 aromatic heterocycles. The largest absolute Gasteiger partial charge is 0.341 e. The molecular weight excluding hydrogens is 226 g/mol. The topological polar surface area (TPSA) is 35.6 Å². The van der Waals surface area contributed by atoms with E-state index < -0.39 is 5.54 Å². The van der Waals surface area contributed by atoms with Gasteiger partial charge in [-0.05, 0) is 46.8 Å². The van der Waals surface area contributed by atoms with Crippen LogP contribution in [0.2, 0.25) is 0 Å². The second-order valence-electron chi connectivity index (χ2n) is 5.62. The molecule has 0 aromatic rings. The Kier molecular flexibility index (Phi) is 5.60. The number of carbonyl (C=O) groups is 1. The highest BCUT2D eigenvalue weighted by Crippen LogP contribution is 2.19. The van der Waals surface area contributed by atoms with Gasteiger partial charge in [0.1, 0.15) is 0 Å². The Bertz CT molecular complexity index is 266. The van der Waals surface area contributed by atoms with Gasteiger partial charge in [-0.15, -0.1) is 0 Å². The molecule has 0 spiro atoms. The summed E-state index contributed by atoms with van der Waals surface area (Å²) in [5, 5.41) is 3.09. The third kappa shape index (κ3) is 3.45. The number of likely N-dealkylation sites (N-methyl/N-ethyl adjacent to an activating group) is 1. The molecule has 1 amide bonds. The highest BCUT2D eigenvalue weighted by Gasteiger charge is 2.33. The van der Waals surface area contributed by atoms with E-state index >= 15 is 0 Å². The summed E-state index contributed by atoms with van der Waals surface area (Å²) in [4.78, 5) is 16.8. The molecule has 0 bridgehead atoms. The predicted molar refractivity (Wildman–Crippen MR) is 75.7 cm³/mol. The first-order valence-corrected chi connectivity index (χ1v) is 7.18. The van der Waals surface area contributed by atoms with Crippen LogP contribution < -0.4 is 5.32 Å². The third-order valence-corrected chi connectivity index (χ3v) is 4.24. The normalized spacial score (nSPS) is 18.4. The van der Waals surface area contributed by atoms with Crippen molar-refractivity contribution in [2.75, 3.05) is 33.2 Å². The van der Waals surface area contributed by atoms with E-state index in [-0.39, 0.29) is 5.91 Å². The van der Waals surface area contributed by atoms with Crippen molar-refractivity contribution in [1.82, 2.24) is 15.1 Å². The minimum atomic E-state index is -0.442. The summed E-state index contributed by atoms with van der Waals surface area (Å²) < 4.78 is 0. The molecule has 0 radical (unpaired) electrons. The van der Waals surface area contributed by atoms with Crippen LogP contribution in [-0.2, 0) is 4.79 Å². The van der Waals surface area contributed by atoms with E-state index in [1.165, 1.54) is 0 Å². The van der Waals surface area contributed by atoms with Crippen molar-refractivity contribution in [3.05, 3.63) is 0 Å².